The maximum absolute atomic E-state index is 14.6. The topological polar surface area (TPSA) is 114 Å². The molecule has 5 atom stereocenters. The molecule has 2 aromatic rings. The number of thioether (sulfide) groups is 1. The van der Waals surface area contributed by atoms with Gasteiger partial charge in [-0.3, -0.25) is 9.59 Å². The van der Waals surface area contributed by atoms with Crippen molar-refractivity contribution in [1.82, 2.24) is 15.5 Å². The van der Waals surface area contributed by atoms with E-state index in [1.165, 1.54) is 0 Å². The molecule has 5 unspecified atom stereocenters. The van der Waals surface area contributed by atoms with E-state index in [9.17, 15) is 19.2 Å². The fourth-order valence-electron chi connectivity index (χ4n) is 5.57. The minimum Gasteiger partial charge on any atom is -0.458 e. The number of hydrogen-bond donors (Lipinski definition) is 2. The predicted molar refractivity (Wildman–Crippen MR) is 187 cm³/mol. The van der Waals surface area contributed by atoms with Crippen LogP contribution in [-0.4, -0.2) is 70.1 Å². The molecular weight excluding hydrogens is 614 g/mol. The zero-order chi connectivity index (χ0) is 35.1. The van der Waals surface area contributed by atoms with Crippen LogP contribution in [0.3, 0.4) is 0 Å². The molecule has 2 aromatic carbocycles. The number of nitrogens with zero attached hydrogens (tertiary/aromatic N) is 1. The molecule has 1 aliphatic carbocycles. The minimum atomic E-state index is -1.06. The number of benzene rings is 2. The number of esters is 1. The third-order valence-electron chi connectivity index (χ3n) is 7.66. The van der Waals surface area contributed by atoms with Gasteiger partial charge in [-0.2, -0.15) is 11.8 Å². The molecule has 1 fully saturated rings. The molecule has 47 heavy (non-hydrogen) atoms. The van der Waals surface area contributed by atoms with Crippen LogP contribution < -0.4 is 10.6 Å². The minimum absolute atomic E-state index is 0.147. The summed E-state index contributed by atoms with van der Waals surface area (Å²) in [5.41, 5.74) is 1.84. The van der Waals surface area contributed by atoms with Crippen molar-refractivity contribution in [2.75, 3.05) is 12.0 Å². The van der Waals surface area contributed by atoms with Crippen molar-refractivity contribution in [1.29, 1.82) is 0 Å². The Bertz CT molecular complexity index is 1380. The first-order chi connectivity index (χ1) is 21.9. The molecule has 1 saturated carbocycles. The molecule has 0 aromatic heterocycles. The summed E-state index contributed by atoms with van der Waals surface area (Å²) in [5, 5.41) is 5.79. The maximum atomic E-state index is 14.6. The standard InChI is InChI=1S/C37H53N3O6S/c1-23-18-24(2)20-27(19-23)31(32(41)38-29(34(43)45-36(4,5)6)22-26-14-12-11-13-15-26)40(30-21-25(30)3)33(42)28(16-17-47-10)39-35(44)46-37(7,8)9/h11-15,18-20,25,28-31H,16-17,21-22H2,1-10H3,(H,38,41)(H,39,44). The Morgan fingerprint density at radius 3 is 1.98 bits per heavy atom. The van der Waals surface area contributed by atoms with Gasteiger partial charge in [-0.25, -0.2) is 9.59 Å². The summed E-state index contributed by atoms with van der Waals surface area (Å²) in [5.74, 6) is -0.659. The van der Waals surface area contributed by atoms with E-state index in [1.54, 1.807) is 58.2 Å². The van der Waals surface area contributed by atoms with Gasteiger partial charge in [0, 0.05) is 12.5 Å². The summed E-state index contributed by atoms with van der Waals surface area (Å²) < 4.78 is 11.3. The van der Waals surface area contributed by atoms with Gasteiger partial charge in [-0.05, 0) is 97.3 Å². The fraction of sp³-hybridized carbons (Fsp3) is 0.568. The van der Waals surface area contributed by atoms with E-state index in [-0.39, 0.29) is 24.3 Å². The molecule has 9 nitrogen and oxygen atoms in total. The second-order valence-corrected chi connectivity index (χ2v) is 15.6. The van der Waals surface area contributed by atoms with Crippen LogP contribution in [0.25, 0.3) is 0 Å². The van der Waals surface area contributed by atoms with E-state index in [0.717, 1.165) is 16.7 Å². The summed E-state index contributed by atoms with van der Waals surface area (Å²) in [4.78, 5) is 57.4. The fourth-order valence-corrected chi connectivity index (χ4v) is 6.04. The highest BCUT2D eigenvalue weighted by Gasteiger charge is 2.48. The van der Waals surface area contributed by atoms with Gasteiger partial charge in [0.2, 0.25) is 11.8 Å². The summed E-state index contributed by atoms with van der Waals surface area (Å²) in [6.45, 7) is 16.6. The maximum Gasteiger partial charge on any atom is 0.408 e. The SMILES string of the molecule is CSCCC(NC(=O)OC(C)(C)C)C(=O)N(C(C(=O)NC(Cc1ccccc1)C(=O)OC(C)(C)C)c1cc(C)cc(C)c1)C1CC1C. The number of aryl methyl sites for hydroxylation is 2. The van der Waals surface area contributed by atoms with Crippen molar-refractivity contribution in [3.05, 3.63) is 70.8 Å². The van der Waals surface area contributed by atoms with Gasteiger partial charge in [0.05, 0.1) is 0 Å². The Balaban J connectivity index is 2.09. The highest BCUT2D eigenvalue weighted by molar-refractivity contribution is 7.98. The molecule has 0 bridgehead atoms. The van der Waals surface area contributed by atoms with Gasteiger partial charge in [0.1, 0.15) is 29.3 Å². The molecule has 3 amide bonds. The molecule has 1 aliphatic rings. The van der Waals surface area contributed by atoms with Crippen molar-refractivity contribution in [2.24, 2.45) is 5.92 Å². The van der Waals surface area contributed by atoms with Crippen LogP contribution in [0, 0.1) is 19.8 Å². The third-order valence-corrected chi connectivity index (χ3v) is 8.30. The molecule has 0 heterocycles. The second-order valence-electron chi connectivity index (χ2n) is 14.6. The van der Waals surface area contributed by atoms with Gasteiger partial charge in [0.15, 0.2) is 0 Å². The summed E-state index contributed by atoms with van der Waals surface area (Å²) in [7, 11) is 0. The second kappa shape index (κ2) is 16.0. The Morgan fingerprint density at radius 2 is 1.47 bits per heavy atom. The monoisotopic (exact) mass is 667 g/mol. The Hall–Kier alpha value is -3.53. The number of amides is 3. The van der Waals surface area contributed by atoms with Crippen LogP contribution >= 0.6 is 11.8 Å². The van der Waals surface area contributed by atoms with Crippen molar-refractivity contribution < 1.29 is 28.7 Å². The molecule has 10 heteroatoms. The molecule has 258 valence electrons. The lowest BCUT2D eigenvalue weighted by Gasteiger charge is -2.36. The lowest BCUT2D eigenvalue weighted by Crippen LogP contribution is -2.56. The molecular formula is C37H53N3O6S. The van der Waals surface area contributed by atoms with E-state index in [0.29, 0.717) is 24.2 Å². The number of nitrogens with one attached hydrogen (secondary N) is 2. The van der Waals surface area contributed by atoms with Crippen LogP contribution in [-0.2, 0) is 30.3 Å². The highest BCUT2D eigenvalue weighted by Crippen LogP contribution is 2.41. The van der Waals surface area contributed by atoms with Gasteiger partial charge in [0.25, 0.3) is 0 Å². The Kier molecular flexibility index (Phi) is 12.9. The first kappa shape index (κ1) is 37.9. The number of carbonyl (C=O) groups excluding carboxylic acids is 4. The van der Waals surface area contributed by atoms with E-state index < -0.39 is 47.3 Å². The Labute approximate surface area is 284 Å². The predicted octanol–water partition coefficient (Wildman–Crippen LogP) is 6.30. The number of hydrogen-bond acceptors (Lipinski definition) is 7. The number of carbonyl (C=O) groups is 4. The largest absolute Gasteiger partial charge is 0.458 e. The van der Waals surface area contributed by atoms with E-state index in [1.807, 2.05) is 75.6 Å². The smallest absolute Gasteiger partial charge is 0.408 e. The van der Waals surface area contributed by atoms with Gasteiger partial charge in [-0.1, -0.05) is 66.6 Å². The number of alkyl carbamates (subject to hydrolysis) is 1. The lowest BCUT2D eigenvalue weighted by molar-refractivity contribution is -0.159. The lowest BCUT2D eigenvalue weighted by atomic mass is 9.97. The van der Waals surface area contributed by atoms with E-state index >= 15 is 0 Å². The van der Waals surface area contributed by atoms with Crippen molar-refractivity contribution in [2.45, 2.75) is 117 Å². The van der Waals surface area contributed by atoms with E-state index in [2.05, 4.69) is 10.6 Å². The van der Waals surface area contributed by atoms with Gasteiger partial charge >= 0.3 is 12.1 Å². The zero-order valence-electron chi connectivity index (χ0n) is 29.6. The van der Waals surface area contributed by atoms with Crippen LogP contribution in [0.15, 0.2) is 48.5 Å². The zero-order valence-corrected chi connectivity index (χ0v) is 30.5. The van der Waals surface area contributed by atoms with Crippen LogP contribution in [0.1, 0.15) is 89.6 Å². The van der Waals surface area contributed by atoms with Crippen molar-refractivity contribution in [3.8, 4) is 0 Å². The first-order valence-electron chi connectivity index (χ1n) is 16.3. The highest BCUT2D eigenvalue weighted by atomic mass is 32.2. The van der Waals surface area contributed by atoms with Crippen LogP contribution in [0.5, 0.6) is 0 Å². The summed E-state index contributed by atoms with van der Waals surface area (Å²) in [6, 6.07) is 12.0. The first-order valence-corrected chi connectivity index (χ1v) is 17.7. The van der Waals surface area contributed by atoms with E-state index in [4.69, 9.17) is 9.47 Å². The number of ether oxygens (including phenoxy) is 2. The summed E-state index contributed by atoms with van der Waals surface area (Å²) in [6.07, 6.45) is 2.52. The average Bonchev–Trinajstić information content (AvgIpc) is 3.66. The van der Waals surface area contributed by atoms with Gasteiger partial charge < -0.3 is 25.0 Å². The van der Waals surface area contributed by atoms with Crippen LogP contribution in [0.4, 0.5) is 4.79 Å². The molecule has 0 radical (unpaired) electrons. The molecule has 2 N–H and O–H groups in total. The van der Waals surface area contributed by atoms with Crippen molar-refractivity contribution in [3.63, 3.8) is 0 Å². The third kappa shape index (κ3) is 11.9. The average molecular weight is 668 g/mol. The van der Waals surface area contributed by atoms with Crippen LogP contribution in [0.2, 0.25) is 0 Å². The molecule has 0 aliphatic heterocycles. The van der Waals surface area contributed by atoms with Crippen molar-refractivity contribution >= 4 is 35.6 Å². The molecule has 0 spiro atoms. The molecule has 0 saturated heterocycles. The quantitative estimate of drug-likeness (QED) is 0.241. The molecule has 3 rings (SSSR count). The number of rotatable bonds is 13. The summed E-state index contributed by atoms with van der Waals surface area (Å²) >= 11 is 1.56. The Morgan fingerprint density at radius 1 is 0.894 bits per heavy atom. The normalized spacial score (nSPS) is 17.9. The van der Waals surface area contributed by atoms with Gasteiger partial charge in [-0.15, -0.1) is 0 Å².